The van der Waals surface area contributed by atoms with Crippen molar-refractivity contribution in [2.24, 2.45) is 9.98 Å². The number of carbonyl (C=O) groups is 1. The smallest absolute Gasteiger partial charge is 0.338 e. The highest BCUT2D eigenvalue weighted by Gasteiger charge is 2.41. The Morgan fingerprint density at radius 3 is 2.48 bits per heavy atom. The molecule has 0 radical (unpaired) electrons. The highest BCUT2D eigenvalue weighted by Crippen LogP contribution is 2.48. The summed E-state index contributed by atoms with van der Waals surface area (Å²) < 4.78 is 7.04. The van der Waals surface area contributed by atoms with Crippen molar-refractivity contribution in [2.45, 2.75) is 19.9 Å². The first-order valence-corrected chi connectivity index (χ1v) is 13.8. The first-order valence-electron chi connectivity index (χ1n) is 13.8. The van der Waals surface area contributed by atoms with Crippen molar-refractivity contribution in [3.05, 3.63) is 126 Å². The number of anilines is 2. The van der Waals surface area contributed by atoms with E-state index in [1.807, 2.05) is 84.5 Å². The molecule has 0 saturated carbocycles. The van der Waals surface area contributed by atoms with E-state index in [-0.39, 0.29) is 12.0 Å². The average Bonchev–Trinajstić information content (AvgIpc) is 3.37. The molecular formula is C33H27N7O2. The number of nitrogens with zero attached hydrogens (tertiary/aromatic N) is 6. The van der Waals surface area contributed by atoms with Crippen molar-refractivity contribution >= 4 is 40.5 Å². The van der Waals surface area contributed by atoms with E-state index in [1.165, 1.54) is 0 Å². The van der Waals surface area contributed by atoms with Gasteiger partial charge < -0.3 is 15.0 Å². The van der Waals surface area contributed by atoms with E-state index >= 15 is 0 Å². The number of ether oxygens (including phenoxy) is 1. The fraction of sp³-hybridized carbons (Fsp3) is 0.121. The molecule has 1 N–H and O–H groups in total. The van der Waals surface area contributed by atoms with Crippen LogP contribution in [0, 0.1) is 6.92 Å². The Morgan fingerprint density at radius 1 is 0.929 bits per heavy atom. The zero-order valence-corrected chi connectivity index (χ0v) is 23.1. The number of nitrogens with one attached hydrogen (secondary N) is 1. The second kappa shape index (κ2) is 10.4. The first kappa shape index (κ1) is 25.4. The minimum absolute atomic E-state index is 0.252. The molecule has 0 saturated heterocycles. The number of hydrogen-bond acceptors (Lipinski definition) is 8. The molecule has 7 rings (SSSR count). The predicted octanol–water partition coefficient (Wildman–Crippen LogP) is 6.55. The van der Waals surface area contributed by atoms with Gasteiger partial charge in [-0.05, 0) is 74.0 Å². The van der Waals surface area contributed by atoms with Gasteiger partial charge in [-0.1, -0.05) is 36.4 Å². The minimum atomic E-state index is -0.354. The van der Waals surface area contributed by atoms with Crippen LogP contribution in [-0.2, 0) is 4.74 Å². The number of para-hydroxylation sites is 3. The SMILES string of the molecule is CCOC(=O)c1ccc(NC2=Nc3ccccc3N3C2=Nc2c(c(C)nn2-c2ccccc2)C3c2cccnc2)cc1. The van der Waals surface area contributed by atoms with Gasteiger partial charge in [0.2, 0.25) is 0 Å². The molecule has 0 amide bonds. The molecule has 5 aromatic rings. The number of fused-ring (bicyclic) bond motifs is 4. The van der Waals surface area contributed by atoms with Gasteiger partial charge in [0.25, 0.3) is 0 Å². The van der Waals surface area contributed by atoms with Crippen LogP contribution < -0.4 is 10.2 Å². The standard InChI is InChI=1S/C33H27N7O2/c1-3-42-33(41)22-15-17-24(18-16-22)35-30-32-37-31-28(21(2)38-40(31)25-11-5-4-6-12-25)29(23-10-9-19-34-20-23)39(32)27-14-8-7-13-26(27)36-30/h4-20,29H,3H2,1-2H3,(H,35,36). The van der Waals surface area contributed by atoms with Crippen LogP contribution in [0.3, 0.4) is 0 Å². The first-order chi connectivity index (χ1) is 20.6. The summed E-state index contributed by atoms with van der Waals surface area (Å²) in [5, 5.41) is 8.43. The quantitative estimate of drug-likeness (QED) is 0.248. The largest absolute Gasteiger partial charge is 0.462 e. The Hall–Kier alpha value is -5.57. The third kappa shape index (κ3) is 4.32. The summed E-state index contributed by atoms with van der Waals surface area (Å²) in [5.41, 5.74) is 6.82. The Kier molecular flexibility index (Phi) is 6.31. The molecule has 0 fully saturated rings. The van der Waals surface area contributed by atoms with Gasteiger partial charge in [0, 0.05) is 23.6 Å². The Morgan fingerprint density at radius 2 is 1.71 bits per heavy atom. The number of aromatic nitrogens is 3. The van der Waals surface area contributed by atoms with E-state index < -0.39 is 0 Å². The van der Waals surface area contributed by atoms with Crippen LogP contribution in [0.2, 0.25) is 0 Å². The summed E-state index contributed by atoms with van der Waals surface area (Å²) in [6.07, 6.45) is 3.67. The Bertz CT molecular complexity index is 1850. The van der Waals surface area contributed by atoms with Crippen LogP contribution in [0.5, 0.6) is 0 Å². The van der Waals surface area contributed by atoms with Crippen LogP contribution in [0.1, 0.15) is 40.1 Å². The van der Waals surface area contributed by atoms with E-state index in [0.717, 1.165) is 45.4 Å². The number of aryl methyl sites for hydroxylation is 1. The number of rotatable bonds is 5. The third-order valence-electron chi connectivity index (χ3n) is 7.30. The number of benzene rings is 3. The van der Waals surface area contributed by atoms with Crippen molar-refractivity contribution in [1.29, 1.82) is 0 Å². The molecule has 1 unspecified atom stereocenters. The fourth-order valence-corrected chi connectivity index (χ4v) is 5.44. The molecule has 0 aliphatic carbocycles. The van der Waals surface area contributed by atoms with Crippen LogP contribution in [0.4, 0.5) is 22.9 Å². The second-order valence-electron chi connectivity index (χ2n) is 9.94. The summed E-state index contributed by atoms with van der Waals surface area (Å²) in [4.78, 5) is 29.1. The van der Waals surface area contributed by atoms with Crippen LogP contribution in [0.15, 0.2) is 113 Å². The lowest BCUT2D eigenvalue weighted by Crippen LogP contribution is -2.46. The summed E-state index contributed by atoms with van der Waals surface area (Å²) in [6.45, 7) is 4.14. The van der Waals surface area contributed by atoms with Gasteiger partial charge in [0.05, 0.1) is 41.0 Å². The summed E-state index contributed by atoms with van der Waals surface area (Å²) in [6, 6.07) is 29.0. The number of pyridine rings is 1. The molecule has 3 aromatic carbocycles. The van der Waals surface area contributed by atoms with E-state index in [0.29, 0.717) is 23.8 Å². The van der Waals surface area contributed by atoms with Gasteiger partial charge in [-0.2, -0.15) is 5.10 Å². The van der Waals surface area contributed by atoms with Crippen LogP contribution in [-0.4, -0.2) is 39.0 Å². The molecule has 9 heteroatoms. The van der Waals surface area contributed by atoms with Gasteiger partial charge in [-0.3, -0.25) is 4.98 Å². The maximum Gasteiger partial charge on any atom is 0.338 e. The Balaban J connectivity index is 1.41. The molecular weight excluding hydrogens is 526 g/mol. The molecule has 42 heavy (non-hydrogen) atoms. The predicted molar refractivity (Wildman–Crippen MR) is 164 cm³/mol. The van der Waals surface area contributed by atoms with Gasteiger partial charge in [-0.25, -0.2) is 19.5 Å². The van der Waals surface area contributed by atoms with Crippen LogP contribution in [0.25, 0.3) is 5.69 Å². The summed E-state index contributed by atoms with van der Waals surface area (Å²) in [5.74, 6) is 1.62. The lowest BCUT2D eigenvalue weighted by Gasteiger charge is -2.40. The maximum atomic E-state index is 12.2. The summed E-state index contributed by atoms with van der Waals surface area (Å²) in [7, 11) is 0. The van der Waals surface area contributed by atoms with E-state index in [4.69, 9.17) is 19.8 Å². The van der Waals surface area contributed by atoms with Gasteiger partial charge in [0.1, 0.15) is 0 Å². The lowest BCUT2D eigenvalue weighted by atomic mass is 9.94. The maximum absolute atomic E-state index is 12.2. The van der Waals surface area contributed by atoms with E-state index in [2.05, 4.69) is 27.3 Å². The lowest BCUT2D eigenvalue weighted by molar-refractivity contribution is 0.0526. The molecule has 0 bridgehead atoms. The highest BCUT2D eigenvalue weighted by atomic mass is 16.5. The van der Waals surface area contributed by atoms with Crippen molar-refractivity contribution in [3.8, 4) is 5.69 Å². The van der Waals surface area contributed by atoms with Gasteiger partial charge in [0.15, 0.2) is 17.5 Å². The number of aliphatic imine (C=N–C) groups is 2. The van der Waals surface area contributed by atoms with E-state index in [9.17, 15) is 4.79 Å². The summed E-state index contributed by atoms with van der Waals surface area (Å²) >= 11 is 0. The molecule has 0 spiro atoms. The molecule has 2 aliphatic heterocycles. The van der Waals surface area contributed by atoms with E-state index in [1.54, 1.807) is 25.3 Å². The Labute approximate surface area is 242 Å². The molecule has 206 valence electrons. The molecule has 2 aliphatic rings. The number of amidine groups is 2. The van der Waals surface area contributed by atoms with Gasteiger partial charge in [-0.15, -0.1) is 0 Å². The topological polar surface area (TPSA) is 97.0 Å². The fourth-order valence-electron chi connectivity index (χ4n) is 5.44. The van der Waals surface area contributed by atoms with Gasteiger partial charge >= 0.3 is 5.97 Å². The van der Waals surface area contributed by atoms with Crippen molar-refractivity contribution in [3.63, 3.8) is 0 Å². The minimum Gasteiger partial charge on any atom is -0.462 e. The third-order valence-corrected chi connectivity index (χ3v) is 7.30. The second-order valence-corrected chi connectivity index (χ2v) is 9.94. The zero-order chi connectivity index (χ0) is 28.6. The van der Waals surface area contributed by atoms with Crippen molar-refractivity contribution in [2.75, 3.05) is 16.8 Å². The van der Waals surface area contributed by atoms with Crippen molar-refractivity contribution < 1.29 is 9.53 Å². The average molecular weight is 554 g/mol. The zero-order valence-electron chi connectivity index (χ0n) is 23.1. The molecule has 2 aromatic heterocycles. The number of esters is 1. The molecule has 9 nitrogen and oxygen atoms in total. The van der Waals surface area contributed by atoms with Crippen LogP contribution >= 0.6 is 0 Å². The molecule has 4 heterocycles. The monoisotopic (exact) mass is 553 g/mol. The normalized spacial score (nSPS) is 15.1. The highest BCUT2D eigenvalue weighted by molar-refractivity contribution is 6.51. The van der Waals surface area contributed by atoms with Crippen molar-refractivity contribution in [1.82, 2.24) is 14.8 Å². The number of hydrogen-bond donors (Lipinski definition) is 1. The molecule has 1 atom stereocenters. The number of carbonyl (C=O) groups excluding carboxylic acids is 1.